The lowest BCUT2D eigenvalue weighted by molar-refractivity contribution is 0.141. The van der Waals surface area contributed by atoms with Crippen LogP contribution >= 0.6 is 0 Å². The Labute approximate surface area is 65.2 Å². The van der Waals surface area contributed by atoms with Crippen LogP contribution in [-0.2, 0) is 0 Å². The van der Waals surface area contributed by atoms with Gasteiger partial charge in [0.1, 0.15) is 0 Å². The summed E-state index contributed by atoms with van der Waals surface area (Å²) < 4.78 is 0. The number of hydrogen-bond acceptors (Lipinski definition) is 3. The summed E-state index contributed by atoms with van der Waals surface area (Å²) in [6, 6.07) is -0.0540. The number of nitrogens with two attached hydrogens (primary N) is 1. The minimum absolute atomic E-state index is 0.132. The van der Waals surface area contributed by atoms with E-state index in [2.05, 4.69) is 5.32 Å². The fourth-order valence-corrected chi connectivity index (χ4v) is 1.06. The molecule has 1 rings (SSSR count). The molecule has 11 heavy (non-hydrogen) atoms. The number of amides is 2. The van der Waals surface area contributed by atoms with Gasteiger partial charge < -0.3 is 21.1 Å². The average molecular weight is 159 g/mol. The molecule has 1 aliphatic rings. The highest BCUT2D eigenvalue weighted by atomic mass is 16.3. The molecule has 0 unspecified atom stereocenters. The summed E-state index contributed by atoms with van der Waals surface area (Å²) in [4.78, 5) is 12.0. The molecule has 0 bridgehead atoms. The van der Waals surface area contributed by atoms with E-state index in [1.807, 2.05) is 0 Å². The van der Waals surface area contributed by atoms with Crippen LogP contribution in [0.4, 0.5) is 4.79 Å². The Kier molecular flexibility index (Phi) is 2.67. The summed E-state index contributed by atoms with van der Waals surface area (Å²) in [6.07, 6.45) is 0. The van der Waals surface area contributed by atoms with Gasteiger partial charge in [0.25, 0.3) is 0 Å². The Bertz CT molecular complexity index is 145. The van der Waals surface area contributed by atoms with Gasteiger partial charge >= 0.3 is 6.03 Å². The zero-order valence-corrected chi connectivity index (χ0v) is 6.29. The van der Waals surface area contributed by atoms with Crippen molar-refractivity contribution in [2.75, 3.05) is 26.2 Å². The predicted molar refractivity (Wildman–Crippen MR) is 40.0 cm³/mol. The number of aliphatic hydroxyl groups excluding tert-OH is 1. The van der Waals surface area contributed by atoms with E-state index in [0.29, 0.717) is 25.7 Å². The molecule has 1 saturated heterocycles. The second-order valence-electron chi connectivity index (χ2n) is 2.62. The second kappa shape index (κ2) is 3.54. The van der Waals surface area contributed by atoms with Crippen molar-refractivity contribution >= 4 is 6.03 Å². The van der Waals surface area contributed by atoms with Gasteiger partial charge in [-0.15, -0.1) is 0 Å². The summed E-state index contributed by atoms with van der Waals surface area (Å²) in [7, 11) is 0. The molecule has 2 amide bonds. The minimum Gasteiger partial charge on any atom is -0.395 e. The first-order valence-electron chi connectivity index (χ1n) is 3.62. The first kappa shape index (κ1) is 8.29. The molecule has 64 valence electrons. The van der Waals surface area contributed by atoms with Crippen LogP contribution in [0.2, 0.25) is 0 Å². The van der Waals surface area contributed by atoms with Gasteiger partial charge in [-0.3, -0.25) is 0 Å². The maximum absolute atomic E-state index is 10.5. The molecule has 0 radical (unpaired) electrons. The van der Waals surface area contributed by atoms with Gasteiger partial charge in [-0.1, -0.05) is 0 Å². The van der Waals surface area contributed by atoms with E-state index < -0.39 is 0 Å². The molecule has 1 aliphatic heterocycles. The first-order valence-corrected chi connectivity index (χ1v) is 3.62. The molecule has 0 aromatic carbocycles. The Morgan fingerprint density at radius 3 is 2.82 bits per heavy atom. The predicted octanol–water partition coefficient (Wildman–Crippen LogP) is -1.67. The van der Waals surface area contributed by atoms with Gasteiger partial charge in [-0.05, 0) is 0 Å². The van der Waals surface area contributed by atoms with Crippen LogP contribution in [0.1, 0.15) is 0 Å². The third kappa shape index (κ3) is 2.06. The highest BCUT2D eigenvalue weighted by Crippen LogP contribution is 2.05. The Morgan fingerprint density at radius 2 is 2.36 bits per heavy atom. The maximum atomic E-state index is 10.5. The van der Waals surface area contributed by atoms with Crippen molar-refractivity contribution in [1.82, 2.24) is 10.2 Å². The van der Waals surface area contributed by atoms with E-state index in [1.54, 1.807) is 4.90 Å². The molecular weight excluding hydrogens is 146 g/mol. The number of nitrogens with one attached hydrogen (secondary N) is 1. The highest BCUT2D eigenvalue weighted by Gasteiger charge is 2.27. The number of urea groups is 1. The van der Waals surface area contributed by atoms with Crippen LogP contribution < -0.4 is 11.1 Å². The van der Waals surface area contributed by atoms with E-state index in [4.69, 9.17) is 10.8 Å². The third-order valence-corrected chi connectivity index (χ3v) is 1.74. The van der Waals surface area contributed by atoms with Gasteiger partial charge in [0.15, 0.2) is 0 Å². The maximum Gasteiger partial charge on any atom is 0.314 e. The van der Waals surface area contributed by atoms with Crippen LogP contribution in [0.15, 0.2) is 0 Å². The van der Waals surface area contributed by atoms with Gasteiger partial charge in [0.2, 0.25) is 0 Å². The monoisotopic (exact) mass is 159 g/mol. The number of carbonyl (C=O) groups excluding carboxylic acids is 1. The summed E-state index contributed by atoms with van der Waals surface area (Å²) in [5.74, 6) is 0. The third-order valence-electron chi connectivity index (χ3n) is 1.74. The molecule has 0 spiro atoms. The van der Waals surface area contributed by atoms with Crippen molar-refractivity contribution < 1.29 is 9.90 Å². The van der Waals surface area contributed by atoms with E-state index in [0.717, 1.165) is 0 Å². The van der Waals surface area contributed by atoms with Gasteiger partial charge in [0.05, 0.1) is 6.61 Å². The standard InChI is InChI=1S/C6H13N3O2/c7-6(11)9-3-5(4-9)8-1-2-10/h5,8,10H,1-4H2,(H2,7,11). The number of hydrogen-bond donors (Lipinski definition) is 3. The van der Waals surface area contributed by atoms with E-state index in [-0.39, 0.29) is 12.6 Å². The van der Waals surface area contributed by atoms with Crippen LogP contribution in [0, 0.1) is 0 Å². The fraction of sp³-hybridized carbons (Fsp3) is 0.833. The van der Waals surface area contributed by atoms with Crippen LogP contribution in [-0.4, -0.2) is 48.3 Å². The summed E-state index contributed by atoms with van der Waals surface area (Å²) in [5, 5.41) is 11.5. The van der Waals surface area contributed by atoms with Crippen LogP contribution in [0.5, 0.6) is 0 Å². The average Bonchev–Trinajstić information content (AvgIpc) is 1.84. The number of rotatable bonds is 3. The quantitative estimate of drug-likeness (QED) is 0.461. The lowest BCUT2D eigenvalue weighted by Gasteiger charge is -2.38. The van der Waals surface area contributed by atoms with Crippen LogP contribution in [0.25, 0.3) is 0 Å². The number of likely N-dealkylation sites (tertiary alicyclic amines) is 1. The van der Waals surface area contributed by atoms with E-state index in [9.17, 15) is 4.79 Å². The molecule has 5 nitrogen and oxygen atoms in total. The zero-order valence-electron chi connectivity index (χ0n) is 6.29. The zero-order chi connectivity index (χ0) is 8.27. The van der Waals surface area contributed by atoms with E-state index >= 15 is 0 Å². The SMILES string of the molecule is NC(=O)N1CC(NCCO)C1. The number of aliphatic hydroxyl groups is 1. The normalized spacial score (nSPS) is 18.1. The topological polar surface area (TPSA) is 78.6 Å². The summed E-state index contributed by atoms with van der Waals surface area (Å²) in [6.45, 7) is 2.04. The smallest absolute Gasteiger partial charge is 0.314 e. The van der Waals surface area contributed by atoms with E-state index in [1.165, 1.54) is 0 Å². The Hall–Kier alpha value is -0.810. The fourth-order valence-electron chi connectivity index (χ4n) is 1.06. The second-order valence-corrected chi connectivity index (χ2v) is 2.62. The molecule has 4 N–H and O–H groups in total. The van der Waals surface area contributed by atoms with Crippen molar-refractivity contribution in [3.63, 3.8) is 0 Å². The van der Waals surface area contributed by atoms with Crippen molar-refractivity contribution in [3.8, 4) is 0 Å². The molecule has 5 heteroatoms. The number of primary amides is 1. The largest absolute Gasteiger partial charge is 0.395 e. The van der Waals surface area contributed by atoms with Crippen molar-refractivity contribution in [1.29, 1.82) is 0 Å². The molecule has 1 heterocycles. The summed E-state index contributed by atoms with van der Waals surface area (Å²) in [5.41, 5.74) is 5.00. The lowest BCUT2D eigenvalue weighted by Crippen LogP contribution is -2.61. The molecule has 1 fully saturated rings. The molecule has 0 saturated carbocycles. The summed E-state index contributed by atoms with van der Waals surface area (Å²) >= 11 is 0. The number of nitrogens with zero attached hydrogens (tertiary/aromatic N) is 1. The first-order chi connectivity index (χ1) is 5.24. The Morgan fingerprint density at radius 1 is 1.73 bits per heavy atom. The molecule has 0 aromatic heterocycles. The molecule has 0 atom stereocenters. The molecule has 0 aromatic rings. The van der Waals surface area contributed by atoms with Gasteiger partial charge in [-0.2, -0.15) is 0 Å². The number of carbonyl (C=O) groups is 1. The van der Waals surface area contributed by atoms with Crippen molar-refractivity contribution in [2.24, 2.45) is 5.73 Å². The van der Waals surface area contributed by atoms with Gasteiger partial charge in [0, 0.05) is 25.7 Å². The van der Waals surface area contributed by atoms with Crippen molar-refractivity contribution in [3.05, 3.63) is 0 Å². The molecular formula is C6H13N3O2. The van der Waals surface area contributed by atoms with Crippen LogP contribution in [0.3, 0.4) is 0 Å². The highest BCUT2D eigenvalue weighted by molar-refractivity contribution is 5.73. The minimum atomic E-state index is -0.368. The van der Waals surface area contributed by atoms with Crippen molar-refractivity contribution in [2.45, 2.75) is 6.04 Å². The molecule has 0 aliphatic carbocycles. The Balaban J connectivity index is 2.05. The van der Waals surface area contributed by atoms with Gasteiger partial charge in [-0.25, -0.2) is 4.79 Å². The lowest BCUT2D eigenvalue weighted by atomic mass is 10.1.